The zero-order valence-corrected chi connectivity index (χ0v) is 15.5. The van der Waals surface area contributed by atoms with Crippen molar-refractivity contribution in [3.8, 4) is 0 Å². The number of hydrogen-bond donors (Lipinski definition) is 1. The third-order valence-electron chi connectivity index (χ3n) is 4.64. The third-order valence-corrected chi connectivity index (χ3v) is 4.64. The van der Waals surface area contributed by atoms with E-state index >= 15 is 0 Å². The highest BCUT2D eigenvalue weighted by Gasteiger charge is 2.46. The summed E-state index contributed by atoms with van der Waals surface area (Å²) in [5.74, 6) is -0.0786. The van der Waals surface area contributed by atoms with Crippen LogP contribution in [-0.2, 0) is 10.2 Å². The fourth-order valence-corrected chi connectivity index (χ4v) is 3.43. The number of carboxylic acid groups (broad SMARTS) is 1. The molecule has 0 unspecified atom stereocenters. The van der Waals surface area contributed by atoms with Gasteiger partial charge in [0.15, 0.2) is 0 Å². The molecule has 1 aromatic rings. The van der Waals surface area contributed by atoms with Crippen molar-refractivity contribution in [3.05, 3.63) is 33.9 Å². The first-order valence-corrected chi connectivity index (χ1v) is 8.90. The minimum atomic E-state index is -0.856. The van der Waals surface area contributed by atoms with E-state index in [1.54, 1.807) is 12.1 Å². The van der Waals surface area contributed by atoms with Crippen LogP contribution in [0.5, 0.6) is 0 Å². The topological polar surface area (TPSA) is 83.7 Å². The van der Waals surface area contributed by atoms with E-state index in [9.17, 15) is 14.9 Å². The molecule has 6 heteroatoms. The summed E-state index contributed by atoms with van der Waals surface area (Å²) >= 11 is 0. The molecule has 6 nitrogen and oxygen atoms in total. The molecular formula is C19H28N2O4. The largest absolute Gasteiger partial charge is 0.481 e. The minimum absolute atomic E-state index is 0.0329. The van der Waals surface area contributed by atoms with Crippen LogP contribution >= 0.6 is 0 Å². The predicted molar refractivity (Wildman–Crippen MR) is 98.2 cm³/mol. The number of carboxylic acids is 1. The van der Waals surface area contributed by atoms with Crippen molar-refractivity contribution in [1.29, 1.82) is 0 Å². The molecule has 1 aliphatic rings. The number of hydrogen-bond acceptors (Lipinski definition) is 4. The smallest absolute Gasteiger partial charge is 0.304 e. The Morgan fingerprint density at radius 3 is 2.20 bits per heavy atom. The van der Waals surface area contributed by atoms with E-state index in [0.29, 0.717) is 17.5 Å². The highest BCUT2D eigenvalue weighted by atomic mass is 16.6. The Balaban J connectivity index is 2.41. The normalized spacial score (nSPS) is 15.4. The second kappa shape index (κ2) is 7.42. The average molecular weight is 348 g/mol. The second-order valence-corrected chi connectivity index (χ2v) is 8.00. The summed E-state index contributed by atoms with van der Waals surface area (Å²) in [7, 11) is 0. The van der Waals surface area contributed by atoms with E-state index in [0.717, 1.165) is 31.5 Å². The van der Waals surface area contributed by atoms with Gasteiger partial charge in [0.1, 0.15) is 5.69 Å². The predicted octanol–water partition coefficient (Wildman–Crippen LogP) is 4.22. The van der Waals surface area contributed by atoms with Crippen LogP contribution in [0.15, 0.2) is 18.2 Å². The number of benzene rings is 1. The lowest BCUT2D eigenvalue weighted by molar-refractivity contribution is -0.384. The van der Waals surface area contributed by atoms with Crippen LogP contribution in [0.2, 0.25) is 0 Å². The van der Waals surface area contributed by atoms with Crippen molar-refractivity contribution in [2.75, 3.05) is 18.0 Å². The van der Waals surface area contributed by atoms with E-state index in [4.69, 9.17) is 5.11 Å². The third kappa shape index (κ3) is 4.71. The van der Waals surface area contributed by atoms with Gasteiger partial charge in [-0.25, -0.2) is 0 Å². The van der Waals surface area contributed by atoms with Crippen molar-refractivity contribution in [3.63, 3.8) is 0 Å². The molecule has 0 bridgehead atoms. The van der Waals surface area contributed by atoms with E-state index in [2.05, 4.69) is 32.6 Å². The van der Waals surface area contributed by atoms with E-state index in [1.807, 2.05) is 6.07 Å². The van der Waals surface area contributed by atoms with E-state index in [1.165, 1.54) is 0 Å². The molecule has 0 saturated heterocycles. The SMILES string of the molecule is CC(C)CN(CC(C)C)c1ccc(C2(CC(=O)O)CC2)cc1[N+](=O)[O-]. The van der Waals surface area contributed by atoms with Gasteiger partial charge in [0.25, 0.3) is 5.69 Å². The van der Waals surface area contributed by atoms with Gasteiger partial charge in [0.05, 0.1) is 11.3 Å². The van der Waals surface area contributed by atoms with Crippen molar-refractivity contribution < 1.29 is 14.8 Å². The molecule has 0 amide bonds. The molecule has 0 aliphatic heterocycles. The van der Waals surface area contributed by atoms with Gasteiger partial charge in [-0.3, -0.25) is 14.9 Å². The van der Waals surface area contributed by atoms with E-state index < -0.39 is 11.4 Å². The summed E-state index contributed by atoms with van der Waals surface area (Å²) in [6, 6.07) is 5.28. The standard InChI is InChI=1S/C19H28N2O4/c1-13(2)11-20(12-14(3)4)16-6-5-15(9-17(16)21(24)25)19(7-8-19)10-18(22)23/h5-6,9,13-14H,7-8,10-12H2,1-4H3,(H,22,23). The first kappa shape index (κ1) is 19.2. The fourth-order valence-electron chi connectivity index (χ4n) is 3.43. The summed E-state index contributed by atoms with van der Waals surface area (Å²) < 4.78 is 0. The minimum Gasteiger partial charge on any atom is -0.481 e. The first-order chi connectivity index (χ1) is 11.6. The first-order valence-electron chi connectivity index (χ1n) is 8.90. The molecular weight excluding hydrogens is 320 g/mol. The average Bonchev–Trinajstić information content (AvgIpc) is 3.24. The van der Waals surface area contributed by atoms with Crippen LogP contribution in [0.1, 0.15) is 52.5 Å². The molecule has 0 heterocycles. The molecule has 1 saturated carbocycles. The Labute approximate surface area is 149 Å². The Kier molecular flexibility index (Phi) is 5.70. The zero-order chi connectivity index (χ0) is 18.8. The Bertz CT molecular complexity index is 641. The molecule has 2 rings (SSSR count). The van der Waals surface area contributed by atoms with Gasteiger partial charge in [-0.2, -0.15) is 0 Å². The van der Waals surface area contributed by atoms with Gasteiger partial charge < -0.3 is 10.0 Å². The molecule has 0 aromatic heterocycles. The quantitative estimate of drug-likeness (QED) is 0.533. The summed E-state index contributed by atoms with van der Waals surface area (Å²) in [5, 5.41) is 20.8. The Hall–Kier alpha value is -2.11. The van der Waals surface area contributed by atoms with Gasteiger partial charge in [-0.1, -0.05) is 33.8 Å². The van der Waals surface area contributed by atoms with Crippen molar-refractivity contribution in [1.82, 2.24) is 0 Å². The van der Waals surface area contributed by atoms with Gasteiger partial charge in [-0.05, 0) is 36.3 Å². The molecule has 25 heavy (non-hydrogen) atoms. The number of nitrogens with zero attached hydrogens (tertiary/aromatic N) is 2. The number of anilines is 1. The van der Waals surface area contributed by atoms with Crippen LogP contribution in [0.3, 0.4) is 0 Å². The van der Waals surface area contributed by atoms with Crippen LogP contribution < -0.4 is 4.90 Å². The van der Waals surface area contributed by atoms with Crippen LogP contribution in [0.25, 0.3) is 0 Å². The lowest BCUT2D eigenvalue weighted by Gasteiger charge is -2.28. The van der Waals surface area contributed by atoms with E-state index in [-0.39, 0.29) is 17.0 Å². The summed E-state index contributed by atoms with van der Waals surface area (Å²) in [4.78, 5) is 24.5. The number of rotatable bonds is 9. The maximum Gasteiger partial charge on any atom is 0.304 e. The summed E-state index contributed by atoms with van der Waals surface area (Å²) in [5.41, 5.74) is 1.06. The molecule has 0 radical (unpaired) electrons. The van der Waals surface area contributed by atoms with Crippen molar-refractivity contribution in [2.45, 2.75) is 52.4 Å². The van der Waals surface area contributed by atoms with Gasteiger partial charge >= 0.3 is 5.97 Å². The lowest BCUT2D eigenvalue weighted by Crippen LogP contribution is -2.32. The summed E-state index contributed by atoms with van der Waals surface area (Å²) in [6.07, 6.45) is 1.58. The van der Waals surface area contributed by atoms with Crippen LogP contribution in [-0.4, -0.2) is 29.1 Å². The molecule has 1 N–H and O–H groups in total. The number of nitro groups is 1. The maximum atomic E-state index is 11.7. The van der Waals surface area contributed by atoms with Gasteiger partial charge in [-0.15, -0.1) is 0 Å². The molecule has 1 fully saturated rings. The Morgan fingerprint density at radius 1 is 1.24 bits per heavy atom. The molecule has 1 aromatic carbocycles. The van der Waals surface area contributed by atoms with Gasteiger partial charge in [0, 0.05) is 24.6 Å². The summed E-state index contributed by atoms with van der Waals surface area (Å²) in [6.45, 7) is 9.88. The fraction of sp³-hybridized carbons (Fsp3) is 0.632. The molecule has 138 valence electrons. The molecule has 0 spiro atoms. The van der Waals surface area contributed by atoms with Crippen LogP contribution in [0.4, 0.5) is 11.4 Å². The van der Waals surface area contributed by atoms with Gasteiger partial charge in [0.2, 0.25) is 0 Å². The highest BCUT2D eigenvalue weighted by molar-refractivity contribution is 5.71. The molecule has 0 atom stereocenters. The zero-order valence-electron chi connectivity index (χ0n) is 15.5. The van der Waals surface area contributed by atoms with Crippen molar-refractivity contribution >= 4 is 17.3 Å². The second-order valence-electron chi connectivity index (χ2n) is 8.00. The number of nitro benzene ring substituents is 1. The highest BCUT2D eigenvalue weighted by Crippen LogP contribution is 2.52. The molecule has 1 aliphatic carbocycles. The number of aliphatic carboxylic acids is 1. The number of carbonyl (C=O) groups is 1. The Morgan fingerprint density at radius 2 is 1.80 bits per heavy atom. The monoisotopic (exact) mass is 348 g/mol. The maximum absolute atomic E-state index is 11.7. The van der Waals surface area contributed by atoms with Crippen molar-refractivity contribution in [2.24, 2.45) is 11.8 Å². The lowest BCUT2D eigenvalue weighted by atomic mass is 9.91. The van der Waals surface area contributed by atoms with Crippen LogP contribution in [0, 0.1) is 22.0 Å².